The second kappa shape index (κ2) is 15.7. The zero-order valence-electron chi connectivity index (χ0n) is 31.8. The number of likely N-dealkylation sites (tertiary alicyclic amines) is 1. The number of hydrogen-bond acceptors (Lipinski definition) is 6. The Hall–Kier alpha value is -4.81. The number of aryl methyl sites for hydroxylation is 1. The van der Waals surface area contributed by atoms with Gasteiger partial charge in [-0.1, -0.05) is 36.4 Å². The molecule has 6 nitrogen and oxygen atoms in total. The van der Waals surface area contributed by atoms with Gasteiger partial charge in [0.15, 0.2) is 11.5 Å². The summed E-state index contributed by atoms with van der Waals surface area (Å²) < 4.78 is 17.4. The number of piperidine rings is 1. The minimum Gasteiger partial charge on any atom is -0.494 e. The van der Waals surface area contributed by atoms with E-state index in [0.29, 0.717) is 18.6 Å². The van der Waals surface area contributed by atoms with Crippen molar-refractivity contribution in [2.45, 2.75) is 83.3 Å². The van der Waals surface area contributed by atoms with Gasteiger partial charge in [-0.3, -0.25) is 9.88 Å². The molecule has 0 N–H and O–H groups in total. The predicted molar refractivity (Wildman–Crippen MR) is 215 cm³/mol. The van der Waals surface area contributed by atoms with Gasteiger partial charge in [-0.25, -0.2) is 0 Å². The second-order valence-corrected chi connectivity index (χ2v) is 15.2. The van der Waals surface area contributed by atoms with Crippen LogP contribution >= 0.6 is 0 Å². The van der Waals surface area contributed by atoms with Gasteiger partial charge in [0.05, 0.1) is 26.5 Å². The minimum atomic E-state index is 0.420. The average Bonchev–Trinajstić information content (AvgIpc) is 4.13. The number of hydrogen-bond donors (Lipinski definition) is 0. The molecule has 8 rings (SSSR count). The largest absolute Gasteiger partial charge is 0.494 e. The van der Waals surface area contributed by atoms with Gasteiger partial charge in [0.2, 0.25) is 0 Å². The third-order valence-electron chi connectivity index (χ3n) is 11.4. The number of methoxy groups -OCH3 is 2. The fraction of sp³-hybridized carbons (Fsp3) is 0.383. The van der Waals surface area contributed by atoms with Crippen molar-refractivity contribution >= 4 is 5.69 Å². The van der Waals surface area contributed by atoms with Crippen molar-refractivity contribution in [2.75, 3.05) is 38.8 Å². The quantitative estimate of drug-likeness (QED) is 0.115. The number of aromatic nitrogens is 1. The smallest absolute Gasteiger partial charge is 0.164 e. The van der Waals surface area contributed by atoms with Crippen LogP contribution in [0, 0.1) is 6.92 Å². The van der Waals surface area contributed by atoms with Crippen molar-refractivity contribution in [3.8, 4) is 39.6 Å². The van der Waals surface area contributed by atoms with E-state index in [1.165, 1.54) is 64.8 Å². The van der Waals surface area contributed by atoms with Crippen molar-refractivity contribution in [3.05, 3.63) is 125 Å². The highest BCUT2D eigenvalue weighted by Crippen LogP contribution is 2.49. The van der Waals surface area contributed by atoms with E-state index < -0.39 is 0 Å². The number of nitrogens with zero attached hydrogens (tertiary/aromatic N) is 3. The molecule has 1 saturated heterocycles. The van der Waals surface area contributed by atoms with Gasteiger partial charge in [0, 0.05) is 55.2 Å². The summed E-state index contributed by atoms with van der Waals surface area (Å²) in [5.74, 6) is 3.82. The van der Waals surface area contributed by atoms with E-state index in [0.717, 1.165) is 73.4 Å². The zero-order chi connectivity index (χ0) is 36.3. The molecule has 0 spiro atoms. The van der Waals surface area contributed by atoms with Gasteiger partial charge < -0.3 is 19.1 Å². The first-order chi connectivity index (χ1) is 26.0. The van der Waals surface area contributed by atoms with Gasteiger partial charge in [-0.05, 0) is 152 Å². The van der Waals surface area contributed by atoms with Crippen LogP contribution in [0.15, 0.2) is 97.2 Å². The lowest BCUT2D eigenvalue weighted by molar-refractivity contribution is 0.201. The van der Waals surface area contributed by atoms with Crippen molar-refractivity contribution in [3.63, 3.8) is 0 Å². The number of benzene rings is 4. The van der Waals surface area contributed by atoms with E-state index in [1.54, 1.807) is 19.8 Å². The molecule has 5 aromatic rings. The van der Waals surface area contributed by atoms with E-state index >= 15 is 0 Å². The highest BCUT2D eigenvalue weighted by Gasteiger charge is 2.30. The Kier molecular flexibility index (Phi) is 10.4. The molecular formula is C47H53N3O3. The molecule has 0 amide bonds. The fourth-order valence-corrected chi connectivity index (χ4v) is 8.25. The Morgan fingerprint density at radius 1 is 0.717 bits per heavy atom. The van der Waals surface area contributed by atoms with Crippen molar-refractivity contribution < 1.29 is 14.2 Å². The second-order valence-electron chi connectivity index (χ2n) is 15.2. The number of ether oxygens (including phenoxy) is 3. The van der Waals surface area contributed by atoms with E-state index in [1.807, 2.05) is 13.1 Å². The van der Waals surface area contributed by atoms with Crippen LogP contribution in [-0.4, -0.2) is 49.8 Å². The molecule has 4 aromatic carbocycles. The first-order valence-electron chi connectivity index (χ1n) is 19.6. The van der Waals surface area contributed by atoms with Crippen LogP contribution in [0.25, 0.3) is 22.4 Å². The van der Waals surface area contributed by atoms with E-state index in [2.05, 4.69) is 108 Å². The van der Waals surface area contributed by atoms with Crippen molar-refractivity contribution in [1.82, 2.24) is 9.88 Å². The normalized spacial score (nSPS) is 16.4. The topological polar surface area (TPSA) is 47.1 Å². The van der Waals surface area contributed by atoms with Crippen molar-refractivity contribution in [1.29, 1.82) is 0 Å². The van der Waals surface area contributed by atoms with Gasteiger partial charge in [0.25, 0.3) is 0 Å². The molecule has 2 saturated carbocycles. The van der Waals surface area contributed by atoms with Gasteiger partial charge >= 0.3 is 0 Å². The number of anilines is 1. The third-order valence-corrected chi connectivity index (χ3v) is 11.4. The lowest BCUT2D eigenvalue weighted by Gasteiger charge is -2.40. The summed E-state index contributed by atoms with van der Waals surface area (Å²) in [6.07, 6.45) is 9.21. The number of pyridine rings is 1. The average molecular weight is 708 g/mol. The summed E-state index contributed by atoms with van der Waals surface area (Å²) in [6.45, 7) is 8.87. The van der Waals surface area contributed by atoms with Crippen LogP contribution in [-0.2, 0) is 13.1 Å². The fourth-order valence-electron chi connectivity index (χ4n) is 8.25. The molecule has 3 aliphatic rings. The molecule has 6 heteroatoms. The maximum absolute atomic E-state index is 5.81. The van der Waals surface area contributed by atoms with Gasteiger partial charge in [-0.2, -0.15) is 0 Å². The van der Waals surface area contributed by atoms with Crippen LogP contribution in [0.4, 0.5) is 5.69 Å². The van der Waals surface area contributed by atoms with Crippen LogP contribution < -0.4 is 19.1 Å². The Labute approximate surface area is 315 Å². The minimum absolute atomic E-state index is 0.420. The van der Waals surface area contributed by atoms with Gasteiger partial charge in [0.1, 0.15) is 5.75 Å². The van der Waals surface area contributed by atoms with Crippen LogP contribution in [0.2, 0.25) is 0 Å². The summed E-state index contributed by atoms with van der Waals surface area (Å²) in [7, 11) is 3.45. The summed E-state index contributed by atoms with van der Waals surface area (Å²) in [6, 6.07) is 34.1. The lowest BCUT2D eigenvalue weighted by atomic mass is 9.96. The first-order valence-corrected chi connectivity index (χ1v) is 19.6. The molecule has 1 aromatic heterocycles. The standard InChI is InChI=1S/C47H53N3O3/c1-5-53-42-17-15-40(16-18-42)50(31-34-19-22-48-45(26-34)39-28-44(36-13-14-36)47(52-4)46(29-39)51-3)41-20-23-49(24-21-41)30-33-7-6-8-37(25-33)38-10-9-32(2)43(27-38)35-11-12-35/h6-10,15-19,22,25-29,35-36,41H,5,11-14,20-21,23-24,30-31H2,1-4H3. The lowest BCUT2D eigenvalue weighted by Crippen LogP contribution is -2.44. The van der Waals surface area contributed by atoms with Gasteiger partial charge in [-0.15, -0.1) is 0 Å². The molecular weight excluding hydrogens is 655 g/mol. The molecule has 0 bridgehead atoms. The highest BCUT2D eigenvalue weighted by atomic mass is 16.5. The SMILES string of the molecule is CCOc1ccc(N(Cc2ccnc(-c3cc(OC)c(OC)c(C4CC4)c3)c2)C2CCN(Cc3cccc(-c4ccc(C)c(C5CC5)c4)c3)CC2)cc1. The molecule has 0 radical (unpaired) electrons. The maximum atomic E-state index is 5.81. The number of rotatable bonds is 14. The molecule has 1 aliphatic heterocycles. The first kappa shape index (κ1) is 35.2. The van der Waals surface area contributed by atoms with Crippen LogP contribution in [0.1, 0.15) is 85.1 Å². The molecule has 2 aliphatic carbocycles. The molecule has 53 heavy (non-hydrogen) atoms. The van der Waals surface area contributed by atoms with Crippen molar-refractivity contribution in [2.24, 2.45) is 0 Å². The molecule has 0 unspecified atom stereocenters. The Morgan fingerprint density at radius 2 is 1.45 bits per heavy atom. The van der Waals surface area contributed by atoms with Crippen LogP contribution in [0.3, 0.4) is 0 Å². The third kappa shape index (κ3) is 8.08. The monoisotopic (exact) mass is 707 g/mol. The zero-order valence-corrected chi connectivity index (χ0v) is 31.8. The van der Waals surface area contributed by atoms with E-state index in [4.69, 9.17) is 19.2 Å². The van der Waals surface area contributed by atoms with Crippen LogP contribution in [0.5, 0.6) is 17.2 Å². The summed E-state index contributed by atoms with van der Waals surface area (Å²) in [5, 5.41) is 0. The highest BCUT2D eigenvalue weighted by molar-refractivity contribution is 5.68. The van der Waals surface area contributed by atoms with E-state index in [-0.39, 0.29) is 0 Å². The molecule has 3 fully saturated rings. The molecule has 2 heterocycles. The summed E-state index contributed by atoms with van der Waals surface area (Å²) in [5.41, 5.74) is 12.8. The Morgan fingerprint density at radius 3 is 2.17 bits per heavy atom. The maximum Gasteiger partial charge on any atom is 0.164 e. The Bertz CT molecular complexity index is 2030. The Balaban J connectivity index is 0.994. The molecule has 0 atom stereocenters. The predicted octanol–water partition coefficient (Wildman–Crippen LogP) is 10.6. The summed E-state index contributed by atoms with van der Waals surface area (Å²) in [4.78, 5) is 10.1. The van der Waals surface area contributed by atoms with E-state index in [9.17, 15) is 0 Å². The molecule has 274 valence electrons. The summed E-state index contributed by atoms with van der Waals surface area (Å²) >= 11 is 0.